The predicted molar refractivity (Wildman–Crippen MR) is 101 cm³/mol. The Morgan fingerprint density at radius 2 is 1.96 bits per heavy atom. The molecule has 1 amide bonds. The number of hydrazone groups is 1. The number of aromatic nitrogens is 3. The van der Waals surface area contributed by atoms with Crippen molar-refractivity contribution < 1.29 is 4.79 Å². The first-order chi connectivity index (χ1) is 12.1. The minimum absolute atomic E-state index is 0.166. The van der Waals surface area contributed by atoms with E-state index in [4.69, 9.17) is 0 Å². The molecule has 0 aliphatic heterocycles. The van der Waals surface area contributed by atoms with E-state index in [-0.39, 0.29) is 11.7 Å². The van der Waals surface area contributed by atoms with Gasteiger partial charge in [-0.2, -0.15) is 5.10 Å². The average Bonchev–Trinajstić information content (AvgIpc) is 3.30. The van der Waals surface area contributed by atoms with Crippen LogP contribution in [0.15, 0.2) is 58.2 Å². The van der Waals surface area contributed by atoms with Crippen molar-refractivity contribution in [3.63, 3.8) is 0 Å². The molecule has 0 saturated heterocycles. The molecule has 8 heteroatoms. The summed E-state index contributed by atoms with van der Waals surface area (Å²) in [6, 6.07) is 12.0. The number of hydrogen-bond acceptors (Lipinski definition) is 6. The van der Waals surface area contributed by atoms with Crippen molar-refractivity contribution in [1.82, 2.24) is 20.2 Å². The van der Waals surface area contributed by atoms with Crippen LogP contribution in [-0.2, 0) is 4.79 Å². The molecule has 1 aromatic carbocycles. The van der Waals surface area contributed by atoms with E-state index in [2.05, 4.69) is 20.7 Å². The summed E-state index contributed by atoms with van der Waals surface area (Å²) in [5.41, 5.74) is 5.37. The Kier molecular flexibility index (Phi) is 5.62. The lowest BCUT2D eigenvalue weighted by molar-refractivity contribution is -0.118. The monoisotopic (exact) mass is 371 g/mol. The second kappa shape index (κ2) is 8.09. The van der Waals surface area contributed by atoms with Crippen LogP contribution in [0.25, 0.3) is 5.69 Å². The molecule has 0 spiro atoms. The molecule has 0 bridgehead atoms. The number of nitrogens with one attached hydrogen (secondary N) is 1. The van der Waals surface area contributed by atoms with Gasteiger partial charge in [0.25, 0.3) is 5.91 Å². The van der Waals surface area contributed by atoms with Gasteiger partial charge in [-0.05, 0) is 43.7 Å². The predicted octanol–water partition coefficient (Wildman–Crippen LogP) is 3.27. The normalized spacial score (nSPS) is 11.5. The largest absolute Gasteiger partial charge is 0.324 e. The third-order valence-electron chi connectivity index (χ3n) is 3.37. The number of carbonyl (C=O) groups is 1. The molecule has 25 heavy (non-hydrogen) atoms. The van der Waals surface area contributed by atoms with E-state index >= 15 is 0 Å². The number of hydrogen-bond donors (Lipinski definition) is 1. The topological polar surface area (TPSA) is 72.2 Å². The summed E-state index contributed by atoms with van der Waals surface area (Å²) in [6.45, 7) is 3.75. The molecule has 0 radical (unpaired) electrons. The summed E-state index contributed by atoms with van der Waals surface area (Å²) in [4.78, 5) is 11.9. The maximum Gasteiger partial charge on any atom is 0.250 e. The fraction of sp³-hybridized carbons (Fsp3) is 0.176. The molecule has 0 saturated carbocycles. The number of carbonyl (C=O) groups excluding carboxylic acids is 1. The van der Waals surface area contributed by atoms with Gasteiger partial charge in [-0.3, -0.25) is 4.79 Å². The Bertz CT molecular complexity index is 869. The van der Waals surface area contributed by atoms with Gasteiger partial charge in [-0.1, -0.05) is 35.2 Å². The van der Waals surface area contributed by atoms with Crippen LogP contribution in [-0.4, -0.2) is 32.1 Å². The zero-order valence-electron chi connectivity index (χ0n) is 13.8. The molecule has 6 nitrogen and oxygen atoms in total. The van der Waals surface area contributed by atoms with Gasteiger partial charge in [0.05, 0.1) is 11.5 Å². The van der Waals surface area contributed by atoms with E-state index in [1.807, 2.05) is 67.2 Å². The number of rotatable bonds is 6. The molecule has 3 aromatic rings. The van der Waals surface area contributed by atoms with Crippen molar-refractivity contribution in [2.75, 3.05) is 5.75 Å². The summed E-state index contributed by atoms with van der Waals surface area (Å²) < 4.78 is 2.82. The van der Waals surface area contributed by atoms with Gasteiger partial charge in [-0.15, -0.1) is 10.2 Å². The van der Waals surface area contributed by atoms with Gasteiger partial charge >= 0.3 is 0 Å². The van der Waals surface area contributed by atoms with Gasteiger partial charge in [0, 0.05) is 18.1 Å². The third-order valence-corrected chi connectivity index (χ3v) is 5.34. The number of benzene rings is 1. The molecule has 0 aliphatic rings. The molecule has 0 fully saturated rings. The van der Waals surface area contributed by atoms with Crippen LogP contribution in [0.3, 0.4) is 0 Å². The second-order valence-corrected chi connectivity index (χ2v) is 7.65. The minimum Gasteiger partial charge on any atom is -0.324 e. The van der Waals surface area contributed by atoms with Crippen LogP contribution in [0.2, 0.25) is 0 Å². The fourth-order valence-electron chi connectivity index (χ4n) is 2.09. The standard InChI is InChI=1S/C17H17N5OS2/c1-12(14-5-7-15(8-6-14)22-9-3-4-10-22)18-20-16(23)11-24-17-21-19-13(2)25-17/h3-10H,11H2,1-2H3,(H,20,23). The number of aryl methyl sites for hydroxylation is 1. The van der Waals surface area contributed by atoms with Gasteiger partial charge in [0.2, 0.25) is 0 Å². The van der Waals surface area contributed by atoms with Crippen molar-refractivity contribution in [3.8, 4) is 5.69 Å². The number of nitrogens with zero attached hydrogens (tertiary/aromatic N) is 4. The SMILES string of the molecule is CC(=NNC(=O)CSc1nnc(C)s1)c1ccc(-n2cccc2)cc1. The first-order valence-corrected chi connectivity index (χ1v) is 9.42. The average molecular weight is 371 g/mol. The summed E-state index contributed by atoms with van der Waals surface area (Å²) in [5, 5.41) is 13.0. The molecular weight excluding hydrogens is 354 g/mol. The highest BCUT2D eigenvalue weighted by Gasteiger charge is 2.06. The van der Waals surface area contributed by atoms with E-state index in [1.165, 1.54) is 23.1 Å². The summed E-state index contributed by atoms with van der Waals surface area (Å²) in [6.07, 6.45) is 3.99. The second-order valence-electron chi connectivity index (χ2n) is 5.25. The van der Waals surface area contributed by atoms with E-state index in [0.29, 0.717) is 0 Å². The van der Waals surface area contributed by atoms with E-state index in [1.54, 1.807) is 0 Å². The molecule has 2 heterocycles. The molecule has 0 aliphatic carbocycles. The van der Waals surface area contributed by atoms with E-state index in [0.717, 1.165) is 26.3 Å². The summed E-state index contributed by atoms with van der Waals surface area (Å²) in [7, 11) is 0. The first-order valence-electron chi connectivity index (χ1n) is 7.61. The van der Waals surface area contributed by atoms with Crippen LogP contribution in [0.5, 0.6) is 0 Å². The maximum absolute atomic E-state index is 11.9. The fourth-order valence-corrected chi connectivity index (χ4v) is 3.70. The minimum atomic E-state index is -0.166. The van der Waals surface area contributed by atoms with Crippen molar-refractivity contribution in [2.45, 2.75) is 18.2 Å². The highest BCUT2D eigenvalue weighted by molar-refractivity contribution is 8.01. The molecule has 0 unspecified atom stereocenters. The maximum atomic E-state index is 11.9. The summed E-state index contributed by atoms with van der Waals surface area (Å²) >= 11 is 2.83. The molecule has 1 N–H and O–H groups in total. The van der Waals surface area contributed by atoms with Crippen LogP contribution < -0.4 is 5.43 Å². The molecule has 128 valence electrons. The Hall–Kier alpha value is -2.45. The van der Waals surface area contributed by atoms with Crippen molar-refractivity contribution in [3.05, 3.63) is 59.4 Å². The lowest BCUT2D eigenvalue weighted by atomic mass is 10.1. The Balaban J connectivity index is 1.54. The molecule has 3 rings (SSSR count). The van der Waals surface area contributed by atoms with Crippen molar-refractivity contribution in [1.29, 1.82) is 0 Å². The van der Waals surface area contributed by atoms with Crippen molar-refractivity contribution in [2.24, 2.45) is 5.10 Å². The number of thioether (sulfide) groups is 1. The Labute approximate surface area is 154 Å². The van der Waals surface area contributed by atoms with Gasteiger partial charge < -0.3 is 4.57 Å². The lowest BCUT2D eigenvalue weighted by Crippen LogP contribution is -2.21. The van der Waals surface area contributed by atoms with Gasteiger partial charge in [0.1, 0.15) is 5.01 Å². The highest BCUT2D eigenvalue weighted by Crippen LogP contribution is 2.21. The zero-order valence-corrected chi connectivity index (χ0v) is 15.5. The quantitative estimate of drug-likeness (QED) is 0.410. The Morgan fingerprint density at radius 1 is 1.24 bits per heavy atom. The molecular formula is C17H17N5OS2. The molecule has 2 aromatic heterocycles. The van der Waals surface area contributed by atoms with Gasteiger partial charge in [0.15, 0.2) is 4.34 Å². The van der Waals surface area contributed by atoms with Crippen LogP contribution >= 0.6 is 23.1 Å². The van der Waals surface area contributed by atoms with E-state index in [9.17, 15) is 4.79 Å². The van der Waals surface area contributed by atoms with E-state index < -0.39 is 0 Å². The molecule has 0 atom stereocenters. The van der Waals surface area contributed by atoms with Crippen LogP contribution in [0, 0.1) is 6.92 Å². The van der Waals surface area contributed by atoms with Crippen molar-refractivity contribution >= 4 is 34.7 Å². The number of amides is 1. The van der Waals surface area contributed by atoms with Gasteiger partial charge in [-0.25, -0.2) is 5.43 Å². The third kappa shape index (κ3) is 4.77. The van der Waals surface area contributed by atoms with Crippen LogP contribution in [0.4, 0.5) is 0 Å². The Morgan fingerprint density at radius 3 is 2.60 bits per heavy atom. The lowest BCUT2D eigenvalue weighted by Gasteiger charge is -2.05. The highest BCUT2D eigenvalue weighted by atomic mass is 32.2. The smallest absolute Gasteiger partial charge is 0.250 e. The zero-order chi connectivity index (χ0) is 17.6. The summed E-state index contributed by atoms with van der Waals surface area (Å²) in [5.74, 6) is 0.0963. The first kappa shape index (κ1) is 17.4. The van der Waals surface area contributed by atoms with Crippen LogP contribution in [0.1, 0.15) is 17.5 Å².